The highest BCUT2D eigenvalue weighted by molar-refractivity contribution is 5.87. The van der Waals surface area contributed by atoms with Crippen molar-refractivity contribution in [2.24, 2.45) is 5.92 Å². The Morgan fingerprint density at radius 2 is 2.00 bits per heavy atom. The second kappa shape index (κ2) is 4.54. The van der Waals surface area contributed by atoms with Gasteiger partial charge in [-0.25, -0.2) is 0 Å². The van der Waals surface area contributed by atoms with Crippen LogP contribution in [0.15, 0.2) is 12.7 Å². The average Bonchev–Trinajstić information content (AvgIpc) is 2.02. The Hall–Kier alpha value is -1.32. The van der Waals surface area contributed by atoms with Crippen LogP contribution in [-0.4, -0.2) is 23.0 Å². The summed E-state index contributed by atoms with van der Waals surface area (Å²) >= 11 is 0. The van der Waals surface area contributed by atoms with Gasteiger partial charge in [0.05, 0.1) is 5.92 Å². The number of carboxylic acid groups (broad SMARTS) is 1. The number of carbonyl (C=O) groups excluding carboxylic acids is 1. The molecule has 0 radical (unpaired) electrons. The zero-order valence-electron chi connectivity index (χ0n) is 7.20. The van der Waals surface area contributed by atoms with E-state index in [0.29, 0.717) is 0 Å². The first kappa shape index (κ1) is 10.7. The van der Waals surface area contributed by atoms with E-state index in [0.717, 1.165) is 6.08 Å². The topological polar surface area (TPSA) is 66.4 Å². The predicted molar refractivity (Wildman–Crippen MR) is 44.6 cm³/mol. The molecule has 0 aliphatic heterocycles. The normalized spacial score (nSPS) is 14.5. The molecule has 12 heavy (non-hydrogen) atoms. The Kier molecular flexibility index (Phi) is 4.04. The van der Waals surface area contributed by atoms with Crippen molar-refractivity contribution in [3.05, 3.63) is 12.7 Å². The van der Waals surface area contributed by atoms with Crippen LogP contribution in [0.2, 0.25) is 0 Å². The molecule has 0 aliphatic rings. The van der Waals surface area contributed by atoms with Gasteiger partial charge in [-0.1, -0.05) is 6.58 Å². The lowest BCUT2D eigenvalue weighted by molar-refractivity contribution is -0.142. The minimum atomic E-state index is -0.924. The van der Waals surface area contributed by atoms with Crippen molar-refractivity contribution in [1.82, 2.24) is 5.32 Å². The van der Waals surface area contributed by atoms with Crippen LogP contribution in [0, 0.1) is 5.92 Å². The minimum Gasteiger partial charge on any atom is -0.481 e. The van der Waals surface area contributed by atoms with Gasteiger partial charge in [0.25, 0.3) is 0 Å². The fraction of sp³-hybridized carbons (Fsp3) is 0.500. The van der Waals surface area contributed by atoms with Gasteiger partial charge in [0.15, 0.2) is 0 Å². The SMILES string of the molecule is C=CC(=O)NC(C)C(C)C(=O)O. The minimum absolute atomic E-state index is 0.351. The number of carbonyl (C=O) groups is 2. The van der Waals surface area contributed by atoms with Crippen LogP contribution >= 0.6 is 0 Å². The summed E-state index contributed by atoms with van der Waals surface area (Å²) in [6.07, 6.45) is 1.12. The number of hydrogen-bond donors (Lipinski definition) is 2. The summed E-state index contributed by atoms with van der Waals surface area (Å²) in [6.45, 7) is 6.44. The fourth-order valence-electron chi connectivity index (χ4n) is 0.622. The third kappa shape index (κ3) is 3.18. The van der Waals surface area contributed by atoms with Crippen LogP contribution in [0.25, 0.3) is 0 Å². The van der Waals surface area contributed by atoms with Crippen LogP contribution in [0.4, 0.5) is 0 Å². The average molecular weight is 171 g/mol. The number of rotatable bonds is 4. The van der Waals surface area contributed by atoms with Gasteiger partial charge >= 0.3 is 5.97 Å². The Morgan fingerprint density at radius 3 is 2.33 bits per heavy atom. The molecule has 2 N–H and O–H groups in total. The van der Waals surface area contributed by atoms with Crippen molar-refractivity contribution >= 4 is 11.9 Å². The maximum atomic E-state index is 10.7. The Morgan fingerprint density at radius 1 is 1.50 bits per heavy atom. The standard InChI is InChI=1S/C8H13NO3/c1-4-7(10)9-6(3)5(2)8(11)12/h4-6H,1H2,2-3H3,(H,9,10)(H,11,12). The summed E-state index contributed by atoms with van der Waals surface area (Å²) in [4.78, 5) is 21.2. The summed E-state index contributed by atoms with van der Waals surface area (Å²) < 4.78 is 0. The molecule has 4 nitrogen and oxygen atoms in total. The summed E-state index contributed by atoms with van der Waals surface area (Å²) in [5.41, 5.74) is 0. The molecule has 0 fully saturated rings. The largest absolute Gasteiger partial charge is 0.481 e. The molecule has 0 aromatic carbocycles. The van der Waals surface area contributed by atoms with Gasteiger partial charge in [-0.15, -0.1) is 0 Å². The first-order valence-electron chi connectivity index (χ1n) is 3.64. The molecule has 2 unspecified atom stereocenters. The summed E-state index contributed by atoms with van der Waals surface area (Å²) in [5.74, 6) is -1.86. The van der Waals surface area contributed by atoms with E-state index in [2.05, 4.69) is 11.9 Å². The van der Waals surface area contributed by atoms with Crippen LogP contribution in [0.1, 0.15) is 13.8 Å². The van der Waals surface area contributed by atoms with Crippen molar-refractivity contribution in [1.29, 1.82) is 0 Å². The van der Waals surface area contributed by atoms with Crippen molar-refractivity contribution < 1.29 is 14.7 Å². The quantitative estimate of drug-likeness (QED) is 0.601. The number of hydrogen-bond acceptors (Lipinski definition) is 2. The van der Waals surface area contributed by atoms with Crippen LogP contribution in [-0.2, 0) is 9.59 Å². The lowest BCUT2D eigenvalue weighted by atomic mass is 10.0. The molecule has 0 rings (SSSR count). The molecule has 2 atom stereocenters. The molecule has 0 aliphatic carbocycles. The third-order valence-corrected chi connectivity index (χ3v) is 1.69. The number of carboxylic acids is 1. The van der Waals surface area contributed by atoms with Gasteiger partial charge < -0.3 is 10.4 Å². The predicted octanol–water partition coefficient (Wildman–Crippen LogP) is 0.398. The first-order chi connectivity index (χ1) is 5.49. The molecular weight excluding hydrogens is 158 g/mol. The van der Waals surface area contributed by atoms with Crippen molar-refractivity contribution in [3.63, 3.8) is 0 Å². The molecule has 0 aromatic rings. The van der Waals surface area contributed by atoms with Crippen LogP contribution in [0.3, 0.4) is 0 Å². The molecule has 68 valence electrons. The van der Waals surface area contributed by atoms with Gasteiger partial charge in [0.2, 0.25) is 5.91 Å². The highest BCUT2D eigenvalue weighted by Crippen LogP contribution is 2.01. The Labute approximate surface area is 71.3 Å². The van der Waals surface area contributed by atoms with Crippen molar-refractivity contribution in [2.45, 2.75) is 19.9 Å². The summed E-state index contributed by atoms with van der Waals surface area (Å²) in [5, 5.41) is 11.0. The van der Waals surface area contributed by atoms with E-state index >= 15 is 0 Å². The number of aliphatic carboxylic acids is 1. The van der Waals surface area contributed by atoms with Crippen LogP contribution in [0.5, 0.6) is 0 Å². The Balaban J connectivity index is 4.03. The van der Waals surface area contributed by atoms with E-state index < -0.39 is 11.9 Å². The van der Waals surface area contributed by atoms with Gasteiger partial charge in [-0.3, -0.25) is 9.59 Å². The zero-order valence-corrected chi connectivity index (χ0v) is 7.20. The van der Waals surface area contributed by atoms with E-state index in [1.807, 2.05) is 0 Å². The number of amides is 1. The molecule has 0 bridgehead atoms. The van der Waals surface area contributed by atoms with E-state index in [1.54, 1.807) is 6.92 Å². The molecule has 4 heteroatoms. The maximum Gasteiger partial charge on any atom is 0.308 e. The smallest absolute Gasteiger partial charge is 0.308 e. The Bertz CT molecular complexity index is 200. The molecule has 0 aromatic heterocycles. The first-order valence-corrected chi connectivity index (χ1v) is 3.64. The van der Waals surface area contributed by atoms with E-state index in [-0.39, 0.29) is 11.9 Å². The second-order valence-corrected chi connectivity index (χ2v) is 2.63. The monoisotopic (exact) mass is 171 g/mol. The lowest BCUT2D eigenvalue weighted by Gasteiger charge is -2.16. The molecule has 0 spiro atoms. The van der Waals surface area contributed by atoms with Crippen molar-refractivity contribution in [2.75, 3.05) is 0 Å². The number of nitrogens with one attached hydrogen (secondary N) is 1. The van der Waals surface area contributed by atoms with Gasteiger partial charge in [-0.2, -0.15) is 0 Å². The highest BCUT2D eigenvalue weighted by Gasteiger charge is 2.19. The van der Waals surface area contributed by atoms with Gasteiger partial charge in [0, 0.05) is 6.04 Å². The lowest BCUT2D eigenvalue weighted by Crippen LogP contribution is -2.39. The van der Waals surface area contributed by atoms with Gasteiger partial charge in [-0.05, 0) is 19.9 Å². The van der Waals surface area contributed by atoms with Gasteiger partial charge in [0.1, 0.15) is 0 Å². The summed E-state index contributed by atoms with van der Waals surface area (Å²) in [7, 11) is 0. The molecule has 1 amide bonds. The summed E-state index contributed by atoms with van der Waals surface area (Å²) in [6, 6.07) is -0.381. The van der Waals surface area contributed by atoms with E-state index in [9.17, 15) is 9.59 Å². The van der Waals surface area contributed by atoms with Crippen molar-refractivity contribution in [3.8, 4) is 0 Å². The second-order valence-electron chi connectivity index (χ2n) is 2.63. The highest BCUT2D eigenvalue weighted by atomic mass is 16.4. The maximum absolute atomic E-state index is 10.7. The van der Waals surface area contributed by atoms with E-state index in [4.69, 9.17) is 5.11 Å². The molecule has 0 saturated carbocycles. The molecular formula is C8H13NO3. The molecule has 0 saturated heterocycles. The third-order valence-electron chi connectivity index (χ3n) is 1.69. The van der Waals surface area contributed by atoms with E-state index in [1.165, 1.54) is 6.92 Å². The fourth-order valence-corrected chi connectivity index (χ4v) is 0.622. The zero-order chi connectivity index (χ0) is 9.72. The van der Waals surface area contributed by atoms with Crippen LogP contribution < -0.4 is 5.32 Å². The molecule has 0 heterocycles.